The van der Waals surface area contributed by atoms with Crippen molar-refractivity contribution in [3.63, 3.8) is 0 Å². The molecule has 9 nitrogen and oxygen atoms in total. The predicted molar refractivity (Wildman–Crippen MR) is 103 cm³/mol. The van der Waals surface area contributed by atoms with E-state index in [2.05, 4.69) is 9.88 Å². The number of rotatable bonds is 2. The number of carbonyl (C=O) groups is 1. The number of phenolic OH excluding ortho intramolecular Hbond substituents is 1. The second-order valence-corrected chi connectivity index (χ2v) is 4.84. The number of para-hydroxylation sites is 2. The summed E-state index contributed by atoms with van der Waals surface area (Å²) < 4.78 is 0. The van der Waals surface area contributed by atoms with Crippen molar-refractivity contribution in [3.8, 4) is 5.75 Å². The molecule has 10 N–H and O–H groups in total. The minimum atomic E-state index is -0.235. The van der Waals surface area contributed by atoms with Gasteiger partial charge in [-0.1, -0.05) is 12.1 Å². The number of benzene rings is 1. The van der Waals surface area contributed by atoms with Crippen molar-refractivity contribution in [1.29, 1.82) is 0 Å². The molecule has 1 heterocycles. The summed E-state index contributed by atoms with van der Waals surface area (Å²) in [5, 5.41) is 8.79. The summed E-state index contributed by atoms with van der Waals surface area (Å²) in [6.45, 7) is 3.74. The molecule has 0 saturated heterocycles. The van der Waals surface area contributed by atoms with Crippen LogP contribution < -0.4 is 28.5 Å². The number of aromatic amines is 1. The van der Waals surface area contributed by atoms with Crippen LogP contribution in [0.15, 0.2) is 41.2 Å². The number of phenols is 1. The van der Waals surface area contributed by atoms with Gasteiger partial charge in [0, 0.05) is 19.2 Å². The molecule has 140 valence electrons. The van der Waals surface area contributed by atoms with E-state index in [-0.39, 0.29) is 17.1 Å². The number of H-pyrrole nitrogens is 1. The highest BCUT2D eigenvalue weighted by Crippen LogP contribution is 2.16. The first-order chi connectivity index (χ1) is 11.8. The molecule has 1 aromatic heterocycles. The van der Waals surface area contributed by atoms with Gasteiger partial charge >= 0.3 is 0 Å². The Morgan fingerprint density at radius 1 is 1.04 bits per heavy atom. The number of nitrogens with one attached hydrogen (secondary N) is 1. The van der Waals surface area contributed by atoms with Crippen LogP contribution in [0.4, 0.5) is 17.2 Å². The number of nitrogens with zero attached hydrogens (tertiary/aromatic N) is 1. The summed E-state index contributed by atoms with van der Waals surface area (Å²) >= 11 is 0. The van der Waals surface area contributed by atoms with E-state index < -0.39 is 0 Å². The molecule has 0 fully saturated rings. The average Bonchev–Trinajstić information content (AvgIpc) is 2.57. The van der Waals surface area contributed by atoms with Crippen LogP contribution in [0.2, 0.25) is 0 Å². The fourth-order valence-electron chi connectivity index (χ4n) is 1.25. The Morgan fingerprint density at radius 2 is 1.60 bits per heavy atom. The normalized spacial score (nSPS) is 8.80. The van der Waals surface area contributed by atoms with Gasteiger partial charge in [-0.25, -0.2) is 0 Å². The van der Waals surface area contributed by atoms with Crippen molar-refractivity contribution in [2.75, 3.05) is 44.4 Å². The Hall–Kier alpha value is -3.04. The van der Waals surface area contributed by atoms with Crippen LogP contribution in [0.1, 0.15) is 0 Å². The smallest absolute Gasteiger partial charge is 0.249 e. The van der Waals surface area contributed by atoms with E-state index in [0.717, 1.165) is 13.1 Å². The number of aromatic hydroxyl groups is 1. The summed E-state index contributed by atoms with van der Waals surface area (Å²) in [5.74, 6) is 0.370. The van der Waals surface area contributed by atoms with Gasteiger partial charge < -0.3 is 42.7 Å². The number of aromatic nitrogens is 1. The molecule has 0 aliphatic rings. The number of pyridine rings is 1. The summed E-state index contributed by atoms with van der Waals surface area (Å²) in [6, 6.07) is 9.49. The molecule has 0 bridgehead atoms. The van der Waals surface area contributed by atoms with Crippen LogP contribution in [0, 0.1) is 0 Å². The molecule has 0 aliphatic carbocycles. The topological polar surface area (TPSA) is 177 Å². The molecule has 2 aromatic rings. The lowest BCUT2D eigenvalue weighted by Gasteiger charge is -2.03. The Morgan fingerprint density at radius 3 is 1.88 bits per heavy atom. The third-order valence-corrected chi connectivity index (χ3v) is 2.50. The van der Waals surface area contributed by atoms with E-state index >= 15 is 0 Å². The average molecular weight is 352 g/mol. The van der Waals surface area contributed by atoms with Crippen LogP contribution in [-0.2, 0) is 4.79 Å². The number of nitrogen functional groups attached to an aromatic ring is 3. The lowest BCUT2D eigenvalue weighted by molar-refractivity contribution is -0.0979. The van der Waals surface area contributed by atoms with E-state index in [1.165, 1.54) is 12.1 Å². The van der Waals surface area contributed by atoms with E-state index in [1.54, 1.807) is 24.3 Å². The Labute approximate surface area is 147 Å². The SMILES string of the molecule is C=O.CN(C)CCN.Nc1ccc(=O)[nH]c1N.Nc1ccccc1O. The van der Waals surface area contributed by atoms with E-state index in [4.69, 9.17) is 32.8 Å². The van der Waals surface area contributed by atoms with E-state index in [1.807, 2.05) is 20.9 Å². The Bertz CT molecular complexity index is 625. The molecule has 2 rings (SSSR count). The lowest BCUT2D eigenvalue weighted by atomic mass is 10.3. The molecule has 9 heteroatoms. The number of carbonyl (C=O) groups excluding carboxylic acids is 1. The van der Waals surface area contributed by atoms with Crippen LogP contribution >= 0.6 is 0 Å². The van der Waals surface area contributed by atoms with Crippen LogP contribution in [-0.4, -0.2) is 49.0 Å². The third kappa shape index (κ3) is 13.1. The molecular weight excluding hydrogens is 324 g/mol. The van der Waals surface area contributed by atoms with Gasteiger partial charge in [0.2, 0.25) is 5.56 Å². The van der Waals surface area contributed by atoms with Gasteiger partial charge in [0.05, 0.1) is 11.4 Å². The van der Waals surface area contributed by atoms with Crippen LogP contribution in [0.3, 0.4) is 0 Å². The fraction of sp³-hybridized carbons (Fsp3) is 0.250. The van der Waals surface area contributed by atoms with Gasteiger partial charge in [-0.15, -0.1) is 0 Å². The molecule has 0 aliphatic heterocycles. The fourth-order valence-corrected chi connectivity index (χ4v) is 1.25. The van der Waals surface area contributed by atoms with Gasteiger partial charge in [0.15, 0.2) is 0 Å². The quantitative estimate of drug-likeness (QED) is 0.319. The highest BCUT2D eigenvalue weighted by Gasteiger charge is 1.90. The number of anilines is 3. The predicted octanol–water partition coefficient (Wildman–Crippen LogP) is -0.164. The first-order valence-corrected chi connectivity index (χ1v) is 7.19. The molecule has 0 spiro atoms. The number of hydrogen-bond acceptors (Lipinski definition) is 8. The zero-order valence-electron chi connectivity index (χ0n) is 14.6. The molecule has 0 radical (unpaired) electrons. The zero-order chi connectivity index (χ0) is 19.8. The van der Waals surface area contributed by atoms with Crippen molar-refractivity contribution in [2.24, 2.45) is 5.73 Å². The second kappa shape index (κ2) is 14.5. The highest BCUT2D eigenvalue weighted by molar-refractivity contribution is 5.56. The number of likely N-dealkylation sites (N-methyl/N-ethyl adjacent to an activating group) is 1. The van der Waals surface area contributed by atoms with Crippen molar-refractivity contribution in [2.45, 2.75) is 0 Å². The Kier molecular flexibility index (Phi) is 14.1. The van der Waals surface area contributed by atoms with Crippen LogP contribution in [0.25, 0.3) is 0 Å². The summed E-state index contributed by atoms with van der Waals surface area (Å²) in [5.41, 5.74) is 21.6. The molecule has 0 saturated carbocycles. The summed E-state index contributed by atoms with van der Waals surface area (Å²) in [4.78, 5) is 22.8. The molecule has 0 amide bonds. The van der Waals surface area contributed by atoms with Crippen molar-refractivity contribution < 1.29 is 9.90 Å². The first kappa shape index (κ1) is 24.2. The van der Waals surface area contributed by atoms with E-state index in [9.17, 15) is 4.79 Å². The third-order valence-electron chi connectivity index (χ3n) is 2.50. The molecular formula is C16H28N6O3. The van der Waals surface area contributed by atoms with Gasteiger partial charge in [-0.05, 0) is 32.3 Å². The minimum Gasteiger partial charge on any atom is -0.506 e. The first-order valence-electron chi connectivity index (χ1n) is 7.19. The van der Waals surface area contributed by atoms with Gasteiger partial charge in [-0.3, -0.25) is 4.79 Å². The number of nitrogens with two attached hydrogens (primary N) is 4. The van der Waals surface area contributed by atoms with Crippen molar-refractivity contribution in [3.05, 3.63) is 46.8 Å². The lowest BCUT2D eigenvalue weighted by Crippen LogP contribution is -2.20. The number of hydrogen-bond donors (Lipinski definition) is 6. The zero-order valence-corrected chi connectivity index (χ0v) is 14.6. The second-order valence-electron chi connectivity index (χ2n) is 4.84. The van der Waals surface area contributed by atoms with Crippen LogP contribution in [0.5, 0.6) is 5.75 Å². The summed E-state index contributed by atoms with van der Waals surface area (Å²) in [6.07, 6.45) is 0. The van der Waals surface area contributed by atoms with Crippen molar-refractivity contribution in [1.82, 2.24) is 9.88 Å². The van der Waals surface area contributed by atoms with Gasteiger partial charge in [-0.2, -0.15) is 0 Å². The molecule has 0 atom stereocenters. The molecule has 0 unspecified atom stereocenters. The monoisotopic (exact) mass is 352 g/mol. The molecule has 25 heavy (non-hydrogen) atoms. The van der Waals surface area contributed by atoms with Crippen molar-refractivity contribution >= 4 is 24.0 Å². The van der Waals surface area contributed by atoms with E-state index in [0.29, 0.717) is 11.4 Å². The van der Waals surface area contributed by atoms with Gasteiger partial charge in [0.1, 0.15) is 18.4 Å². The molecule has 1 aromatic carbocycles. The Balaban J connectivity index is 0. The van der Waals surface area contributed by atoms with Gasteiger partial charge in [0.25, 0.3) is 0 Å². The minimum absolute atomic E-state index is 0.146. The highest BCUT2D eigenvalue weighted by atomic mass is 16.3. The summed E-state index contributed by atoms with van der Waals surface area (Å²) in [7, 11) is 4.01. The maximum atomic E-state index is 10.5. The largest absolute Gasteiger partial charge is 0.506 e. The standard InChI is InChI=1S/C6H7NO.C5H7N3O.C4H12N2.CH2O/c7-5-3-1-2-4-6(5)8;6-3-1-2-4(9)8-5(3)7;1-6(2)4-3-5;1-2/h1-4,8H,7H2;1-2H,6H2,(H3,7,8,9);3-5H2,1-2H3;1H2. The maximum absolute atomic E-state index is 10.5. The maximum Gasteiger partial charge on any atom is 0.249 e.